The van der Waals surface area contributed by atoms with Crippen LogP contribution in [0.15, 0.2) is 65.4 Å². The maximum atomic E-state index is 14.3. The molecule has 1 aromatic heterocycles. The summed E-state index contributed by atoms with van der Waals surface area (Å²) >= 11 is 0.832. The smallest absolute Gasteiger partial charge is 0.133 e. The van der Waals surface area contributed by atoms with Crippen molar-refractivity contribution >= 4 is 43.9 Å². The summed E-state index contributed by atoms with van der Waals surface area (Å²) < 4.78 is 54.7. The zero-order valence-corrected chi connectivity index (χ0v) is 16.4. The molecule has 5 nitrogen and oxygen atoms in total. The topological polar surface area (TPSA) is 70.0 Å². The van der Waals surface area contributed by atoms with Gasteiger partial charge in [0.1, 0.15) is 18.0 Å². The van der Waals surface area contributed by atoms with Gasteiger partial charge in [0.05, 0.1) is 11.0 Å². The number of fused-ring (bicyclic) bond motifs is 1. The average molecular weight is 463 g/mol. The molecule has 0 spiro atoms. The van der Waals surface area contributed by atoms with Crippen LogP contribution in [0.1, 0.15) is 0 Å². The molecule has 142 valence electrons. The second-order valence-electron chi connectivity index (χ2n) is 5.98. The Hall–Kier alpha value is -2.62. The molecule has 9 heteroatoms. The lowest BCUT2D eigenvalue weighted by molar-refractivity contribution is 0.542. The van der Waals surface area contributed by atoms with Crippen molar-refractivity contribution in [1.29, 1.82) is 0 Å². The van der Waals surface area contributed by atoms with Crippen molar-refractivity contribution in [3.63, 3.8) is 0 Å². The molecule has 0 aliphatic carbocycles. The lowest BCUT2D eigenvalue weighted by Crippen LogP contribution is -2.04. The molecular weight excluding hydrogens is 452 g/mol. The van der Waals surface area contributed by atoms with E-state index in [2.05, 4.69) is 25.6 Å². The Bertz CT molecular complexity index is 1230. The van der Waals surface area contributed by atoms with Crippen molar-refractivity contribution in [2.75, 3.05) is 4.72 Å². The van der Waals surface area contributed by atoms with Gasteiger partial charge in [-0.1, -0.05) is 15.9 Å². The molecule has 1 N–H and O–H groups in total. The summed E-state index contributed by atoms with van der Waals surface area (Å²) in [6.07, 6.45) is 1.59. The molecule has 0 aliphatic rings. The molecule has 3 aromatic carbocycles. The number of benzene rings is 3. The van der Waals surface area contributed by atoms with Gasteiger partial charge in [-0.25, -0.2) is 13.8 Å². The Morgan fingerprint density at radius 2 is 1.89 bits per heavy atom. The Morgan fingerprint density at radius 3 is 2.64 bits per heavy atom. The van der Waals surface area contributed by atoms with Gasteiger partial charge in [0.25, 0.3) is 0 Å². The third-order valence-electron chi connectivity index (χ3n) is 4.15. The molecule has 1 heterocycles. The van der Waals surface area contributed by atoms with Crippen LogP contribution in [-0.2, 0) is 11.3 Å². The Labute approximate surface area is 169 Å². The quantitative estimate of drug-likeness (QED) is 0.436. The molecule has 28 heavy (non-hydrogen) atoms. The minimum atomic E-state index is -2.56. The van der Waals surface area contributed by atoms with Crippen molar-refractivity contribution in [3.05, 3.63) is 77.0 Å². The maximum Gasteiger partial charge on any atom is 0.133 e. The van der Waals surface area contributed by atoms with Gasteiger partial charge in [-0.05, 0) is 54.1 Å². The van der Waals surface area contributed by atoms with Crippen LogP contribution in [0.2, 0.25) is 0 Å². The molecule has 1 unspecified atom stereocenters. The van der Waals surface area contributed by atoms with Crippen LogP contribution < -0.4 is 4.72 Å². The van der Waals surface area contributed by atoms with Crippen LogP contribution in [0.4, 0.5) is 14.5 Å². The van der Waals surface area contributed by atoms with E-state index in [1.54, 1.807) is 23.0 Å². The first-order valence-corrected chi connectivity index (χ1v) is 9.87. The van der Waals surface area contributed by atoms with Gasteiger partial charge < -0.3 is 9.27 Å². The van der Waals surface area contributed by atoms with Gasteiger partial charge in [-0.3, -0.25) is 8.78 Å². The van der Waals surface area contributed by atoms with E-state index in [-0.39, 0.29) is 11.3 Å². The van der Waals surface area contributed by atoms with E-state index in [4.69, 9.17) is 0 Å². The summed E-state index contributed by atoms with van der Waals surface area (Å²) in [5.74, 6) is -1.44. The molecule has 0 saturated carbocycles. The van der Waals surface area contributed by atoms with Crippen molar-refractivity contribution in [1.82, 2.24) is 9.55 Å². The highest BCUT2D eigenvalue weighted by molar-refractivity contribution is 9.10. The molecule has 0 saturated heterocycles. The van der Waals surface area contributed by atoms with E-state index in [0.29, 0.717) is 11.3 Å². The molecule has 0 fully saturated rings. The predicted molar refractivity (Wildman–Crippen MR) is 107 cm³/mol. The highest BCUT2D eigenvalue weighted by atomic mass is 79.9. The van der Waals surface area contributed by atoms with Crippen LogP contribution in [0.5, 0.6) is 0 Å². The molecule has 0 amide bonds. The van der Waals surface area contributed by atoms with Gasteiger partial charge in [-0.2, -0.15) is 0 Å². The number of nitrogens with one attached hydrogen (secondary N) is 1. The van der Waals surface area contributed by atoms with Crippen LogP contribution >= 0.6 is 15.9 Å². The second kappa shape index (κ2) is 7.42. The molecule has 0 aliphatic heterocycles. The van der Waals surface area contributed by atoms with Crippen molar-refractivity contribution in [2.24, 2.45) is 0 Å². The van der Waals surface area contributed by atoms with E-state index in [1.165, 1.54) is 12.1 Å². The normalized spacial score (nSPS) is 12.3. The van der Waals surface area contributed by atoms with Crippen LogP contribution in [0.25, 0.3) is 27.8 Å². The first kappa shape index (κ1) is 18.7. The van der Waals surface area contributed by atoms with Crippen LogP contribution in [0.3, 0.4) is 0 Å². The minimum Gasteiger partial charge on any atom is -0.755 e. The Morgan fingerprint density at radius 1 is 1.07 bits per heavy atom. The van der Waals surface area contributed by atoms with Crippen molar-refractivity contribution in [2.45, 2.75) is 0 Å². The SMILES string of the molecule is O=S([O-])Nc1cc(-c2ccc(F)cc2F)cc(-n2cnc3cc(Br)ccc32)c1. The number of aromatic nitrogens is 2. The highest BCUT2D eigenvalue weighted by Crippen LogP contribution is 2.31. The lowest BCUT2D eigenvalue weighted by atomic mass is 10.0. The van der Waals surface area contributed by atoms with Crippen molar-refractivity contribution < 1.29 is 17.5 Å². The molecule has 4 aromatic rings. The number of nitrogens with zero attached hydrogens (tertiary/aromatic N) is 2. The van der Waals surface area contributed by atoms with Gasteiger partial charge in [0, 0.05) is 38.7 Å². The van der Waals surface area contributed by atoms with Crippen LogP contribution in [0, 0.1) is 11.6 Å². The molecule has 0 bridgehead atoms. The van der Waals surface area contributed by atoms with Crippen molar-refractivity contribution in [3.8, 4) is 16.8 Å². The standard InChI is InChI=1S/C19H12BrF2N3O2S/c20-12-1-4-19-18(7-12)23-10-25(19)15-6-11(5-14(9-15)24-28(26)27)16-3-2-13(21)8-17(16)22/h1-10,24H,(H,26,27)/p-1. The van der Waals surface area contributed by atoms with E-state index in [9.17, 15) is 17.5 Å². The summed E-state index contributed by atoms with van der Waals surface area (Å²) in [6, 6.07) is 13.6. The molecular formula is C19H11BrF2N3O2S-. The Balaban J connectivity index is 1.92. The lowest BCUT2D eigenvalue weighted by Gasteiger charge is -2.14. The largest absolute Gasteiger partial charge is 0.755 e. The fraction of sp³-hybridized carbons (Fsp3) is 0. The van der Waals surface area contributed by atoms with Crippen LogP contribution in [-0.4, -0.2) is 18.3 Å². The van der Waals surface area contributed by atoms with E-state index < -0.39 is 22.9 Å². The highest BCUT2D eigenvalue weighted by Gasteiger charge is 2.12. The summed E-state index contributed by atoms with van der Waals surface area (Å²) in [7, 11) is 0. The molecule has 1 atom stereocenters. The number of rotatable bonds is 4. The van der Waals surface area contributed by atoms with Gasteiger partial charge in [-0.15, -0.1) is 0 Å². The van der Waals surface area contributed by atoms with Gasteiger partial charge >= 0.3 is 0 Å². The minimum absolute atomic E-state index is 0.148. The first-order valence-electron chi connectivity index (χ1n) is 8.00. The number of halogens is 3. The zero-order valence-electron chi connectivity index (χ0n) is 14.0. The molecule has 4 rings (SSSR count). The third kappa shape index (κ3) is 3.68. The summed E-state index contributed by atoms with van der Waals surface area (Å²) in [5.41, 5.74) is 2.86. The summed E-state index contributed by atoms with van der Waals surface area (Å²) in [5, 5.41) is 0. The van der Waals surface area contributed by atoms with E-state index in [0.717, 1.165) is 27.6 Å². The second-order valence-corrected chi connectivity index (χ2v) is 7.57. The van der Waals surface area contributed by atoms with E-state index in [1.807, 2.05) is 18.2 Å². The van der Waals surface area contributed by atoms with Gasteiger partial charge in [0.2, 0.25) is 0 Å². The van der Waals surface area contributed by atoms with Gasteiger partial charge in [0.15, 0.2) is 0 Å². The zero-order chi connectivity index (χ0) is 19.8. The summed E-state index contributed by atoms with van der Waals surface area (Å²) in [4.78, 5) is 4.35. The number of hydrogen-bond acceptors (Lipinski definition) is 3. The summed E-state index contributed by atoms with van der Waals surface area (Å²) in [6.45, 7) is 0. The van der Waals surface area contributed by atoms with E-state index >= 15 is 0 Å². The number of hydrogen-bond donors (Lipinski definition) is 1. The average Bonchev–Trinajstić information content (AvgIpc) is 3.03. The monoisotopic (exact) mass is 462 g/mol. The predicted octanol–water partition coefficient (Wildman–Crippen LogP) is 4.94. The number of anilines is 1. The fourth-order valence-corrected chi connectivity index (χ4v) is 3.64. The molecule has 0 radical (unpaired) electrons. The number of imidazole rings is 1. The fourth-order valence-electron chi connectivity index (χ4n) is 2.98. The maximum absolute atomic E-state index is 14.3. The first-order chi connectivity index (χ1) is 13.4. The Kier molecular flexibility index (Phi) is 4.96. The third-order valence-corrected chi connectivity index (χ3v) is 5.04.